The van der Waals surface area contributed by atoms with Gasteiger partial charge in [0.15, 0.2) is 0 Å². The lowest BCUT2D eigenvalue weighted by molar-refractivity contribution is -0.138. The second kappa shape index (κ2) is 8.41. The van der Waals surface area contributed by atoms with Crippen LogP contribution in [0.5, 0.6) is 5.75 Å². The Bertz CT molecular complexity index is 1200. The van der Waals surface area contributed by atoms with Gasteiger partial charge in [-0.1, -0.05) is 32.0 Å². The Balaban J connectivity index is 1.92. The molecule has 0 bridgehead atoms. The third-order valence-electron chi connectivity index (χ3n) is 4.79. The third-order valence-corrected chi connectivity index (χ3v) is 4.79. The molecule has 1 amide bonds. The topological polar surface area (TPSA) is 94.8 Å². The largest absolute Gasteiger partial charge is 0.444 e. The molecule has 0 radical (unpaired) electrons. The van der Waals surface area contributed by atoms with Crippen molar-refractivity contribution in [3.05, 3.63) is 52.4 Å². The maximum absolute atomic E-state index is 12.8. The number of esters is 1. The van der Waals surface area contributed by atoms with Crippen molar-refractivity contribution in [3.8, 4) is 5.75 Å². The van der Waals surface area contributed by atoms with Gasteiger partial charge in [0, 0.05) is 10.9 Å². The number of fused-ring (bicyclic) bond motifs is 3. The van der Waals surface area contributed by atoms with Gasteiger partial charge in [-0.05, 0) is 57.2 Å². The molecule has 1 atom stereocenters. The highest BCUT2D eigenvalue weighted by Gasteiger charge is 2.29. The van der Waals surface area contributed by atoms with E-state index in [2.05, 4.69) is 5.32 Å². The number of amides is 1. The Morgan fingerprint density at radius 3 is 2.26 bits per heavy atom. The van der Waals surface area contributed by atoms with Crippen LogP contribution in [0.15, 0.2) is 45.6 Å². The van der Waals surface area contributed by atoms with Crippen LogP contribution in [0.4, 0.5) is 4.79 Å². The highest BCUT2D eigenvalue weighted by Crippen LogP contribution is 2.31. The fourth-order valence-corrected chi connectivity index (χ4v) is 3.28. The minimum absolute atomic E-state index is 0.234. The first-order valence-electron chi connectivity index (χ1n) is 10.1. The smallest absolute Gasteiger partial charge is 0.408 e. The molecule has 2 aromatic carbocycles. The second-order valence-corrected chi connectivity index (χ2v) is 8.79. The van der Waals surface area contributed by atoms with Crippen molar-refractivity contribution < 1.29 is 23.5 Å². The van der Waals surface area contributed by atoms with Crippen molar-refractivity contribution >= 4 is 33.8 Å². The maximum Gasteiger partial charge on any atom is 0.408 e. The Morgan fingerprint density at radius 2 is 1.65 bits per heavy atom. The van der Waals surface area contributed by atoms with Crippen molar-refractivity contribution in [2.45, 2.75) is 53.2 Å². The molecular formula is C24H27NO6. The van der Waals surface area contributed by atoms with Gasteiger partial charge in [0.2, 0.25) is 0 Å². The third kappa shape index (κ3) is 4.87. The van der Waals surface area contributed by atoms with Gasteiger partial charge in [-0.25, -0.2) is 14.4 Å². The number of ether oxygens (including phenoxy) is 2. The highest BCUT2D eigenvalue weighted by molar-refractivity contribution is 6.05. The molecule has 1 unspecified atom stereocenters. The van der Waals surface area contributed by atoms with E-state index in [0.29, 0.717) is 16.5 Å². The molecule has 0 saturated carbocycles. The molecule has 31 heavy (non-hydrogen) atoms. The summed E-state index contributed by atoms with van der Waals surface area (Å²) in [5.41, 5.74) is -0.268. The van der Waals surface area contributed by atoms with Crippen molar-refractivity contribution in [1.82, 2.24) is 5.32 Å². The van der Waals surface area contributed by atoms with E-state index in [4.69, 9.17) is 13.9 Å². The minimum atomic E-state index is -0.909. The van der Waals surface area contributed by atoms with Crippen LogP contribution in [0.2, 0.25) is 0 Å². The Labute approximate surface area is 180 Å². The number of hydrogen-bond donors (Lipinski definition) is 1. The molecule has 1 heterocycles. The first kappa shape index (κ1) is 22.3. The molecule has 7 heteroatoms. The van der Waals surface area contributed by atoms with Gasteiger partial charge in [-0.3, -0.25) is 0 Å². The summed E-state index contributed by atoms with van der Waals surface area (Å²) in [5, 5.41) is 4.58. The van der Waals surface area contributed by atoms with Crippen LogP contribution in [0.1, 0.15) is 40.2 Å². The Kier molecular flexibility index (Phi) is 6.06. The number of hydrogen-bond acceptors (Lipinski definition) is 6. The van der Waals surface area contributed by atoms with Crippen LogP contribution < -0.4 is 15.7 Å². The van der Waals surface area contributed by atoms with Crippen molar-refractivity contribution in [1.29, 1.82) is 0 Å². The van der Waals surface area contributed by atoms with Crippen LogP contribution >= 0.6 is 0 Å². The van der Waals surface area contributed by atoms with E-state index >= 15 is 0 Å². The molecule has 3 aromatic rings. The number of carbonyl (C=O) groups excluding carboxylic acids is 2. The Hall–Kier alpha value is -3.35. The van der Waals surface area contributed by atoms with Gasteiger partial charge < -0.3 is 19.2 Å². The van der Waals surface area contributed by atoms with Gasteiger partial charge in [-0.15, -0.1) is 0 Å². The number of aryl methyl sites for hydroxylation is 1. The molecule has 0 aliphatic rings. The lowest BCUT2D eigenvalue weighted by atomic mass is 10.0. The summed E-state index contributed by atoms with van der Waals surface area (Å²) in [6.07, 6.45) is -0.698. The van der Waals surface area contributed by atoms with Gasteiger partial charge >= 0.3 is 17.7 Å². The van der Waals surface area contributed by atoms with Crippen molar-refractivity contribution in [3.63, 3.8) is 0 Å². The number of benzene rings is 2. The molecular weight excluding hydrogens is 398 g/mol. The molecule has 0 aliphatic carbocycles. The van der Waals surface area contributed by atoms with Crippen LogP contribution in [0.3, 0.4) is 0 Å². The molecule has 0 saturated heterocycles. The summed E-state index contributed by atoms with van der Waals surface area (Å²) >= 11 is 0. The van der Waals surface area contributed by atoms with Gasteiger partial charge in [0.1, 0.15) is 23.0 Å². The fraction of sp³-hybridized carbons (Fsp3) is 0.375. The summed E-state index contributed by atoms with van der Waals surface area (Å²) in [4.78, 5) is 37.4. The van der Waals surface area contributed by atoms with E-state index < -0.39 is 29.3 Å². The molecule has 164 valence electrons. The average molecular weight is 425 g/mol. The molecule has 0 spiro atoms. The molecule has 7 nitrogen and oxygen atoms in total. The first-order valence-corrected chi connectivity index (χ1v) is 10.1. The first-order chi connectivity index (χ1) is 14.5. The predicted molar refractivity (Wildman–Crippen MR) is 118 cm³/mol. The lowest BCUT2D eigenvalue weighted by Crippen LogP contribution is -2.48. The van der Waals surface area contributed by atoms with E-state index in [-0.39, 0.29) is 11.7 Å². The van der Waals surface area contributed by atoms with Crippen LogP contribution in [-0.4, -0.2) is 23.7 Å². The van der Waals surface area contributed by atoms with Crippen LogP contribution in [0, 0.1) is 12.8 Å². The van der Waals surface area contributed by atoms with E-state index in [1.54, 1.807) is 65.8 Å². The summed E-state index contributed by atoms with van der Waals surface area (Å²) in [7, 11) is 0. The fourth-order valence-electron chi connectivity index (χ4n) is 3.28. The van der Waals surface area contributed by atoms with Gasteiger partial charge in [-0.2, -0.15) is 0 Å². The molecule has 1 aromatic heterocycles. The normalized spacial score (nSPS) is 12.7. The zero-order chi connectivity index (χ0) is 22.9. The summed E-state index contributed by atoms with van der Waals surface area (Å²) in [6.45, 7) is 10.5. The maximum atomic E-state index is 12.8. The monoisotopic (exact) mass is 425 g/mol. The van der Waals surface area contributed by atoms with Crippen LogP contribution in [-0.2, 0) is 9.53 Å². The van der Waals surface area contributed by atoms with E-state index in [1.165, 1.54) is 0 Å². The van der Waals surface area contributed by atoms with Crippen LogP contribution in [0.25, 0.3) is 21.7 Å². The number of rotatable bonds is 4. The predicted octanol–water partition coefficient (Wildman–Crippen LogP) is 4.71. The highest BCUT2D eigenvalue weighted by atomic mass is 16.6. The zero-order valence-electron chi connectivity index (χ0n) is 18.6. The van der Waals surface area contributed by atoms with Gasteiger partial charge in [0.25, 0.3) is 0 Å². The summed E-state index contributed by atoms with van der Waals surface area (Å²) in [6, 6.07) is 9.68. The van der Waals surface area contributed by atoms with E-state index in [0.717, 1.165) is 10.8 Å². The van der Waals surface area contributed by atoms with Gasteiger partial charge in [0.05, 0.1) is 5.39 Å². The van der Waals surface area contributed by atoms with Crippen molar-refractivity contribution in [2.75, 3.05) is 0 Å². The molecule has 0 aliphatic heterocycles. The molecule has 1 N–H and O–H groups in total. The quantitative estimate of drug-likeness (QED) is 0.282. The SMILES string of the molecule is Cc1c(OC(=O)C(NC(=O)OC(C)(C)C)C(C)C)ccc2c1oc(=O)c1ccccc12. The average Bonchev–Trinajstić information content (AvgIpc) is 2.67. The minimum Gasteiger partial charge on any atom is -0.444 e. The molecule has 3 rings (SSSR count). The number of nitrogens with one attached hydrogen (secondary N) is 1. The number of alkyl carbamates (subject to hydrolysis) is 1. The Morgan fingerprint density at radius 1 is 1.00 bits per heavy atom. The lowest BCUT2D eigenvalue weighted by Gasteiger charge is -2.24. The van der Waals surface area contributed by atoms with E-state index in [9.17, 15) is 14.4 Å². The van der Waals surface area contributed by atoms with Crippen molar-refractivity contribution in [2.24, 2.45) is 5.92 Å². The van der Waals surface area contributed by atoms with E-state index in [1.807, 2.05) is 12.1 Å². The zero-order valence-corrected chi connectivity index (χ0v) is 18.6. The molecule has 0 fully saturated rings. The standard InChI is InChI=1S/C24H27NO6/c1-13(2)19(25-23(28)31-24(4,5)6)22(27)29-18-12-11-16-15-9-7-8-10-17(15)21(26)30-20(16)14(18)3/h7-13,19H,1-6H3,(H,25,28). The summed E-state index contributed by atoms with van der Waals surface area (Å²) < 4.78 is 16.4. The summed E-state index contributed by atoms with van der Waals surface area (Å²) in [5.74, 6) is -0.610. The second-order valence-electron chi connectivity index (χ2n) is 8.79. The number of carbonyl (C=O) groups is 2.